The Morgan fingerprint density at radius 2 is 0.606 bits per heavy atom. The maximum atomic E-state index is 9.76. The van der Waals surface area contributed by atoms with Crippen molar-refractivity contribution in [2.45, 2.75) is 97.1 Å². The molecule has 8 atom stereocenters. The van der Waals surface area contributed by atoms with Crippen molar-refractivity contribution in [1.29, 1.82) is 0 Å². The van der Waals surface area contributed by atoms with Gasteiger partial charge < -0.3 is 97.3 Å². The highest BCUT2D eigenvalue weighted by atomic mass is 28.6. The standard InChI is InChI=1S/C64H82O18Si11.2C6H14O2/c1-83-70-88(59-36-17-7-18-37-59)74-86(56-57-32-13-5-14-33-57)73-87(58-34-15-6-16-35-58,69-52-30-29-50-67-53-48-65)76-92(77-88,63-44-25-11-26-45-63)82-93(64-46-27-12-28-47-64)79-89(71-84-2,60-38-19-8-20-39-60)78-91(75-86,62-42-23-10-24-43-62)80-90(81-93,61-40-21-9-22-41-61)72-85(3,4)55-31-51-68-54-49-66;2*1-2-3-5-8-6-4-7/h5-28,32-47,65-66H,29-31,48-56,83-84H2,1-4H3;2*7H,2-6H2,1H3. The SMILES string of the molecule is CCCCOCCO.CCCCOCCO.C[SiH2]O[Si]1(c2ccccc2)O[Si]2(Cc3ccccc3)O[Si](OCCCCOCCO)(c3ccccc3)O[Si](c3ccccc3)(O1)O[Si]1(c3ccccc3)O[Si](O[SiH2]C)(c3ccccc3)O[Si](c3ccccc3)(O2)O[Si](O[Si](C)(C)CCCOCCO)(c2ccccc2)O1. The first-order chi connectivity index (χ1) is 53.2. The summed E-state index contributed by atoms with van der Waals surface area (Å²) in [6, 6.07) is 78.3. The van der Waals surface area contributed by atoms with Crippen molar-refractivity contribution in [2.75, 3.05) is 85.9 Å². The zero-order valence-electron chi connectivity index (χ0n) is 63.7. The number of hydrogen-bond donors (Lipinski definition) is 4. The maximum absolute atomic E-state index is 9.76. The topological polar surface area (TPSA) is 247 Å². The van der Waals surface area contributed by atoms with E-state index in [1.165, 1.54) is 0 Å². The summed E-state index contributed by atoms with van der Waals surface area (Å²) in [5.74, 6) is 0. The van der Waals surface area contributed by atoms with Crippen LogP contribution in [0.1, 0.15) is 64.4 Å². The van der Waals surface area contributed by atoms with Crippen molar-refractivity contribution in [2.24, 2.45) is 0 Å². The number of aliphatic hydroxyl groups excluding tert-OH is 4. The average molecular weight is 1680 g/mol. The van der Waals surface area contributed by atoms with Crippen LogP contribution in [0.5, 0.6) is 0 Å². The van der Waals surface area contributed by atoms with Crippen molar-refractivity contribution in [3.8, 4) is 0 Å². The van der Waals surface area contributed by atoms with Gasteiger partial charge in [-0.1, -0.05) is 282 Å². The quantitative estimate of drug-likeness (QED) is 0.0249. The molecule has 8 aromatic carbocycles. The number of aliphatic hydroxyl groups is 4. The van der Waals surface area contributed by atoms with Gasteiger partial charge in [0.2, 0.25) is 0 Å². The molecule has 4 bridgehead atoms. The van der Waals surface area contributed by atoms with Gasteiger partial charge in [0.05, 0.1) is 52.9 Å². The molecule has 33 heteroatoms. The summed E-state index contributed by atoms with van der Waals surface area (Å²) in [5.41, 5.74) is 0.774. The van der Waals surface area contributed by atoms with Crippen LogP contribution in [0.4, 0.5) is 0 Å². The van der Waals surface area contributed by atoms with Crippen LogP contribution in [-0.4, -0.2) is 205 Å². The van der Waals surface area contributed by atoms with E-state index in [0.29, 0.717) is 88.0 Å². The highest BCUT2D eigenvalue weighted by Crippen LogP contribution is 2.44. The minimum atomic E-state index is -5.28. The molecule has 0 aliphatic carbocycles. The van der Waals surface area contributed by atoms with Gasteiger partial charge in [-0.15, -0.1) is 0 Å². The number of fused-ring (bicyclic) bond motifs is 4. The molecule has 4 N–H and O–H groups in total. The highest BCUT2D eigenvalue weighted by molar-refractivity contribution is 7.09. The minimum Gasteiger partial charge on any atom is -0.419 e. The van der Waals surface area contributed by atoms with E-state index in [1.54, 1.807) is 0 Å². The molecule has 0 spiro atoms. The molecule has 8 unspecified atom stereocenters. The number of hydrogen-bond acceptors (Lipinski definition) is 22. The van der Waals surface area contributed by atoms with E-state index >= 15 is 0 Å². The monoisotopic (exact) mass is 1680 g/mol. The van der Waals surface area contributed by atoms with Crippen LogP contribution in [0.3, 0.4) is 0 Å². The molecule has 12 rings (SSSR count). The average Bonchev–Trinajstić information content (AvgIpc) is 0.690. The molecule has 4 aliphatic rings. The number of benzene rings is 8. The van der Waals surface area contributed by atoms with E-state index in [0.717, 1.165) is 44.5 Å². The van der Waals surface area contributed by atoms with Crippen LogP contribution >= 0.6 is 0 Å². The Bertz CT molecular complexity index is 3780. The number of unbranched alkanes of at least 4 members (excludes halogenated alkanes) is 3. The third kappa shape index (κ3) is 24.4. The molecule has 109 heavy (non-hydrogen) atoms. The molecule has 4 heterocycles. The van der Waals surface area contributed by atoms with Gasteiger partial charge in [0.15, 0.2) is 8.32 Å². The lowest BCUT2D eigenvalue weighted by Gasteiger charge is -2.57. The molecule has 4 fully saturated rings. The fourth-order valence-electron chi connectivity index (χ4n) is 12.2. The maximum Gasteiger partial charge on any atom is 0.522 e. The van der Waals surface area contributed by atoms with E-state index in [1.807, 2.05) is 256 Å². The molecule has 0 amide bonds. The third-order valence-electron chi connectivity index (χ3n) is 17.3. The van der Waals surface area contributed by atoms with Gasteiger partial charge in [0.1, 0.15) is 19.5 Å². The summed E-state index contributed by atoms with van der Waals surface area (Å²) >= 11 is 0. The lowest BCUT2D eigenvalue weighted by atomic mass is 10.2. The molecule has 0 saturated carbocycles. The van der Waals surface area contributed by atoms with Crippen LogP contribution in [0.15, 0.2) is 243 Å². The lowest BCUT2D eigenvalue weighted by molar-refractivity contribution is 0.0337. The van der Waals surface area contributed by atoms with Gasteiger partial charge in [-0.2, -0.15) is 0 Å². The van der Waals surface area contributed by atoms with E-state index < -0.39 is 98.3 Å². The summed E-state index contributed by atoms with van der Waals surface area (Å²) in [5, 5.41) is 39.7. The van der Waals surface area contributed by atoms with Gasteiger partial charge in [-0.3, -0.25) is 0 Å². The smallest absolute Gasteiger partial charge is 0.419 e. The fraction of sp³-hybridized carbons (Fsp3) is 0.368. The van der Waals surface area contributed by atoms with Crippen molar-refractivity contribution in [3.05, 3.63) is 248 Å². The minimum absolute atomic E-state index is 0.0473. The first kappa shape index (κ1) is 88.2. The van der Waals surface area contributed by atoms with Crippen LogP contribution < -0.4 is 36.3 Å². The molecule has 590 valence electrons. The van der Waals surface area contributed by atoms with E-state index in [-0.39, 0.29) is 52.3 Å². The van der Waals surface area contributed by atoms with E-state index in [9.17, 15) is 10.2 Å². The third-order valence-corrected chi connectivity index (χ3v) is 58.2. The van der Waals surface area contributed by atoms with Crippen LogP contribution in [0, 0.1) is 0 Å². The lowest BCUT2D eigenvalue weighted by Crippen LogP contribution is -2.89. The number of ether oxygens (including phenoxy) is 4. The predicted molar refractivity (Wildman–Crippen MR) is 445 cm³/mol. The van der Waals surface area contributed by atoms with Crippen LogP contribution in [0.25, 0.3) is 0 Å². The first-order valence-electron chi connectivity index (χ1n) is 38.0. The largest absolute Gasteiger partial charge is 0.522 e. The second kappa shape index (κ2) is 44.8. The molecule has 8 aromatic rings. The normalized spacial score (nSPS) is 25.0. The summed E-state index contributed by atoms with van der Waals surface area (Å²) in [4.78, 5) is 0. The summed E-state index contributed by atoms with van der Waals surface area (Å²) in [6.45, 7) is 16.4. The summed E-state index contributed by atoms with van der Waals surface area (Å²) in [7, 11) is -46.6. The Hall–Kier alpha value is -4.73. The van der Waals surface area contributed by atoms with Crippen molar-refractivity contribution < 1.29 is 97.3 Å². The Morgan fingerprint density at radius 1 is 0.312 bits per heavy atom. The van der Waals surface area contributed by atoms with Crippen molar-refractivity contribution in [1.82, 2.24) is 0 Å². The van der Waals surface area contributed by atoms with Gasteiger partial charge >= 0.3 is 70.4 Å². The Balaban J connectivity index is 0.000000769. The molecule has 0 aromatic heterocycles. The summed E-state index contributed by atoms with van der Waals surface area (Å²) in [6.07, 6.45) is 6.15. The number of rotatable bonds is 39. The molecule has 4 aliphatic heterocycles. The Morgan fingerprint density at radius 3 is 0.982 bits per heavy atom. The van der Waals surface area contributed by atoms with Crippen molar-refractivity contribution >= 4 is 135 Å². The zero-order valence-corrected chi connectivity index (χ0v) is 75.5. The molecule has 22 nitrogen and oxygen atoms in total. The zero-order chi connectivity index (χ0) is 77.1. The van der Waals surface area contributed by atoms with Crippen LogP contribution in [-0.2, 0) is 82.9 Å². The molecular weight excluding hydrogens is 1570 g/mol. The molecule has 0 radical (unpaired) electrons. The van der Waals surface area contributed by atoms with Gasteiger partial charge in [-0.05, 0) is 56.8 Å². The molecule has 4 saturated heterocycles. The second-order valence-electron chi connectivity index (χ2n) is 26.3. The van der Waals surface area contributed by atoms with Crippen LogP contribution in [0.2, 0.25) is 32.2 Å². The highest BCUT2D eigenvalue weighted by Gasteiger charge is 2.80. The van der Waals surface area contributed by atoms with Crippen molar-refractivity contribution in [3.63, 3.8) is 0 Å². The van der Waals surface area contributed by atoms with Gasteiger partial charge in [0, 0.05) is 75.4 Å². The van der Waals surface area contributed by atoms with Gasteiger partial charge in [-0.25, -0.2) is 0 Å². The summed E-state index contributed by atoms with van der Waals surface area (Å²) < 4.78 is 139. The molecular formula is C76H110O22Si11. The predicted octanol–water partition coefficient (Wildman–Crippen LogP) is 6.15. The van der Waals surface area contributed by atoms with E-state index in [2.05, 4.69) is 26.9 Å². The van der Waals surface area contributed by atoms with E-state index in [4.69, 9.17) is 87.1 Å². The van der Waals surface area contributed by atoms with Gasteiger partial charge in [0.25, 0.3) is 0 Å². The fourth-order valence-corrected chi connectivity index (χ4v) is 63.9. The second-order valence-corrected chi connectivity index (χ2v) is 56.6. The Labute approximate surface area is 658 Å². The Kier molecular flexibility index (Phi) is 36.3. The first-order valence-corrected chi connectivity index (χ1v) is 59.1.